The van der Waals surface area contributed by atoms with Gasteiger partial charge in [-0.15, -0.1) is 0 Å². The number of rotatable bonds is 4. The van der Waals surface area contributed by atoms with Gasteiger partial charge in [-0.05, 0) is 49.4 Å². The molecule has 148 valence electrons. The molecule has 0 radical (unpaired) electrons. The molecule has 0 atom stereocenters. The molecule has 0 aliphatic heterocycles. The molecular weight excluding hydrogens is 385 g/mol. The lowest BCUT2D eigenvalue weighted by Gasteiger charge is -2.09. The van der Waals surface area contributed by atoms with E-state index < -0.39 is 11.7 Å². The number of nitrogens with zero attached hydrogens (tertiary/aromatic N) is 4. The maximum absolute atomic E-state index is 12.8. The number of fused-ring (bicyclic) bond motifs is 1. The lowest BCUT2D eigenvalue weighted by Crippen LogP contribution is -2.22. The van der Waals surface area contributed by atoms with Gasteiger partial charge in [0.05, 0.1) is 16.8 Å². The fourth-order valence-corrected chi connectivity index (χ4v) is 3.02. The predicted molar refractivity (Wildman–Crippen MR) is 100 cm³/mol. The number of pyridine rings is 2. The van der Waals surface area contributed by atoms with Crippen molar-refractivity contribution in [1.29, 1.82) is 0 Å². The summed E-state index contributed by atoms with van der Waals surface area (Å²) in [5.74, 6) is 0.411. The minimum absolute atomic E-state index is 0.0344. The Hall–Kier alpha value is -3.62. The average Bonchev–Trinajstić information content (AvgIpc) is 2.99. The summed E-state index contributed by atoms with van der Waals surface area (Å²) in [4.78, 5) is 20.8. The molecule has 3 aromatic heterocycles. The van der Waals surface area contributed by atoms with Crippen LogP contribution in [0.3, 0.4) is 0 Å². The van der Waals surface area contributed by atoms with E-state index in [1.165, 1.54) is 4.57 Å². The van der Waals surface area contributed by atoms with Crippen molar-refractivity contribution < 1.29 is 17.9 Å². The summed E-state index contributed by atoms with van der Waals surface area (Å²) in [6, 6.07) is 12.2. The third-order valence-corrected chi connectivity index (χ3v) is 4.39. The van der Waals surface area contributed by atoms with Crippen LogP contribution in [-0.4, -0.2) is 19.1 Å². The van der Waals surface area contributed by atoms with Crippen molar-refractivity contribution in [3.8, 4) is 17.3 Å². The molecule has 29 heavy (non-hydrogen) atoms. The van der Waals surface area contributed by atoms with Gasteiger partial charge in [-0.1, -0.05) is 0 Å². The van der Waals surface area contributed by atoms with E-state index in [9.17, 15) is 18.0 Å². The van der Waals surface area contributed by atoms with Crippen molar-refractivity contribution in [2.45, 2.75) is 19.6 Å². The minimum Gasteiger partial charge on any atom is -0.439 e. The normalized spacial score (nSPS) is 11.7. The molecule has 1 aromatic carbocycles. The highest BCUT2D eigenvalue weighted by molar-refractivity contribution is 5.73. The summed E-state index contributed by atoms with van der Waals surface area (Å²) in [7, 11) is 0. The van der Waals surface area contributed by atoms with Crippen LogP contribution in [0, 0.1) is 0 Å². The zero-order chi connectivity index (χ0) is 20.6. The monoisotopic (exact) mass is 400 g/mol. The molecule has 0 aliphatic carbocycles. The van der Waals surface area contributed by atoms with Crippen LogP contribution in [0.4, 0.5) is 13.2 Å². The molecule has 9 heteroatoms. The first-order chi connectivity index (χ1) is 13.9. The van der Waals surface area contributed by atoms with Gasteiger partial charge in [-0.25, -0.2) is 19.3 Å². The fourth-order valence-electron chi connectivity index (χ4n) is 3.02. The van der Waals surface area contributed by atoms with E-state index in [-0.39, 0.29) is 11.6 Å². The number of hydrogen-bond donors (Lipinski definition) is 0. The van der Waals surface area contributed by atoms with Gasteiger partial charge in [-0.3, -0.25) is 4.57 Å². The lowest BCUT2D eigenvalue weighted by molar-refractivity contribution is -0.137. The highest BCUT2D eigenvalue weighted by atomic mass is 19.4. The molecule has 0 bridgehead atoms. The zero-order valence-electron chi connectivity index (χ0n) is 15.2. The van der Waals surface area contributed by atoms with Crippen molar-refractivity contribution >= 4 is 11.2 Å². The molecule has 0 spiro atoms. The van der Waals surface area contributed by atoms with Crippen LogP contribution >= 0.6 is 0 Å². The van der Waals surface area contributed by atoms with Gasteiger partial charge in [0.1, 0.15) is 5.75 Å². The molecule has 6 nitrogen and oxygen atoms in total. The maximum atomic E-state index is 12.8. The molecule has 4 rings (SSSR count). The molecule has 0 saturated heterocycles. The number of ether oxygens (including phenoxy) is 1. The Morgan fingerprint density at radius 3 is 2.41 bits per heavy atom. The zero-order valence-corrected chi connectivity index (χ0v) is 15.2. The topological polar surface area (TPSA) is 61.9 Å². The van der Waals surface area contributed by atoms with Gasteiger partial charge >= 0.3 is 11.9 Å². The number of hydrogen-bond acceptors (Lipinski definition) is 4. The Morgan fingerprint density at radius 2 is 1.79 bits per heavy atom. The Labute approximate surface area is 162 Å². The minimum atomic E-state index is -4.45. The summed E-state index contributed by atoms with van der Waals surface area (Å²) in [6.45, 7) is 2.39. The Bertz CT molecular complexity index is 1210. The van der Waals surface area contributed by atoms with E-state index in [0.717, 1.165) is 17.6 Å². The standard InChI is InChI=1S/C20H15F3N4O2/c1-2-26-16-4-3-11-24-18(16)27(19(26)28)14-6-8-15(9-7-14)29-17-10-5-13(12-25-17)20(21,22)23/h3-12H,2H2,1H3. The van der Waals surface area contributed by atoms with Gasteiger partial charge in [0.15, 0.2) is 5.65 Å². The van der Waals surface area contributed by atoms with E-state index in [2.05, 4.69) is 9.97 Å². The predicted octanol–water partition coefficient (Wildman–Crippen LogP) is 4.41. The van der Waals surface area contributed by atoms with Crippen LogP contribution in [0.2, 0.25) is 0 Å². The van der Waals surface area contributed by atoms with E-state index in [4.69, 9.17) is 4.74 Å². The number of benzene rings is 1. The highest BCUT2D eigenvalue weighted by Gasteiger charge is 2.30. The molecule has 0 fully saturated rings. The van der Waals surface area contributed by atoms with Crippen LogP contribution in [0.25, 0.3) is 16.9 Å². The molecule has 4 aromatic rings. The number of imidazole rings is 1. The number of aromatic nitrogens is 4. The van der Waals surface area contributed by atoms with Crippen LogP contribution in [0.5, 0.6) is 11.6 Å². The highest BCUT2D eigenvalue weighted by Crippen LogP contribution is 2.30. The summed E-state index contributed by atoms with van der Waals surface area (Å²) < 4.78 is 46.4. The largest absolute Gasteiger partial charge is 0.439 e. The Kier molecular flexibility index (Phi) is 4.57. The second kappa shape index (κ2) is 7.08. The number of aryl methyl sites for hydroxylation is 1. The third kappa shape index (κ3) is 3.46. The summed E-state index contributed by atoms with van der Waals surface area (Å²) >= 11 is 0. The smallest absolute Gasteiger partial charge is 0.417 e. The summed E-state index contributed by atoms with van der Waals surface area (Å²) in [5, 5.41) is 0. The van der Waals surface area contributed by atoms with Crippen LogP contribution in [0.15, 0.2) is 65.7 Å². The summed E-state index contributed by atoms with van der Waals surface area (Å²) in [5.41, 5.74) is 0.809. The first-order valence-electron chi connectivity index (χ1n) is 8.76. The van der Waals surface area contributed by atoms with E-state index in [0.29, 0.717) is 29.8 Å². The van der Waals surface area contributed by atoms with E-state index in [1.807, 2.05) is 13.0 Å². The van der Waals surface area contributed by atoms with Gasteiger partial charge in [0.2, 0.25) is 5.88 Å². The van der Waals surface area contributed by atoms with Gasteiger partial charge in [-0.2, -0.15) is 13.2 Å². The second-order valence-corrected chi connectivity index (χ2v) is 6.19. The SMILES string of the molecule is CCn1c(=O)n(-c2ccc(Oc3ccc(C(F)(F)F)cn3)cc2)c2ncccc21. The molecular formula is C20H15F3N4O2. The van der Waals surface area contributed by atoms with Gasteiger partial charge in [0.25, 0.3) is 0 Å². The summed E-state index contributed by atoms with van der Waals surface area (Å²) in [6.07, 6.45) is -2.12. The molecule has 0 unspecified atom stereocenters. The van der Waals surface area contributed by atoms with E-state index >= 15 is 0 Å². The lowest BCUT2D eigenvalue weighted by atomic mass is 10.3. The second-order valence-electron chi connectivity index (χ2n) is 6.19. The van der Waals surface area contributed by atoms with Gasteiger partial charge in [0, 0.05) is 25.0 Å². The van der Waals surface area contributed by atoms with Crippen LogP contribution < -0.4 is 10.4 Å². The van der Waals surface area contributed by atoms with Gasteiger partial charge < -0.3 is 4.74 Å². The molecule has 3 heterocycles. The maximum Gasteiger partial charge on any atom is 0.417 e. The van der Waals surface area contributed by atoms with E-state index in [1.54, 1.807) is 41.1 Å². The first kappa shape index (κ1) is 18.7. The van der Waals surface area contributed by atoms with Crippen molar-refractivity contribution in [3.05, 3.63) is 77.0 Å². The average molecular weight is 400 g/mol. The number of halogens is 3. The molecule has 0 N–H and O–H groups in total. The van der Waals surface area contributed by atoms with Crippen molar-refractivity contribution in [1.82, 2.24) is 19.1 Å². The molecule has 0 saturated carbocycles. The van der Waals surface area contributed by atoms with Crippen LogP contribution in [0.1, 0.15) is 12.5 Å². The number of alkyl halides is 3. The molecule has 0 amide bonds. The van der Waals surface area contributed by atoms with Crippen molar-refractivity contribution in [3.63, 3.8) is 0 Å². The quantitative estimate of drug-likeness (QED) is 0.509. The molecule has 0 aliphatic rings. The first-order valence-corrected chi connectivity index (χ1v) is 8.76. The Morgan fingerprint density at radius 1 is 1.03 bits per heavy atom. The van der Waals surface area contributed by atoms with Crippen molar-refractivity contribution in [2.75, 3.05) is 0 Å². The fraction of sp³-hybridized carbons (Fsp3) is 0.150. The van der Waals surface area contributed by atoms with Crippen molar-refractivity contribution in [2.24, 2.45) is 0 Å². The van der Waals surface area contributed by atoms with Crippen LogP contribution in [-0.2, 0) is 12.7 Å². The Balaban J connectivity index is 1.63. The third-order valence-electron chi connectivity index (χ3n) is 4.39.